The molecular formula is C50H70O10Si3. The molecule has 0 bridgehead atoms. The normalized spacial score (nSPS) is 17.7. The van der Waals surface area contributed by atoms with E-state index in [1.54, 1.807) is 26.4 Å². The highest BCUT2D eigenvalue weighted by molar-refractivity contribution is 6.87. The molecule has 0 saturated heterocycles. The number of aryl methyl sites for hydroxylation is 2. The summed E-state index contributed by atoms with van der Waals surface area (Å²) in [5.74, 6) is 2.58. The van der Waals surface area contributed by atoms with Crippen molar-refractivity contribution in [2.75, 3.05) is 21.3 Å². The van der Waals surface area contributed by atoms with Crippen LogP contribution in [0.3, 0.4) is 0 Å². The lowest BCUT2D eigenvalue weighted by molar-refractivity contribution is 0.107. The van der Waals surface area contributed by atoms with E-state index in [9.17, 15) is 9.59 Å². The molecule has 0 aliphatic heterocycles. The number of rotatable bonds is 19. The quantitative estimate of drug-likeness (QED) is 0.0512. The van der Waals surface area contributed by atoms with E-state index in [1.165, 1.54) is 18.2 Å². The lowest BCUT2D eigenvalue weighted by Crippen LogP contribution is -2.52. The third kappa shape index (κ3) is 13.8. The van der Waals surface area contributed by atoms with Gasteiger partial charge in [0.05, 0.1) is 21.3 Å². The molecule has 1 fully saturated rings. The van der Waals surface area contributed by atoms with Crippen molar-refractivity contribution < 1.29 is 46.2 Å². The van der Waals surface area contributed by atoms with Gasteiger partial charge in [0.2, 0.25) is 0 Å². The van der Waals surface area contributed by atoms with Gasteiger partial charge in [0, 0.05) is 5.41 Å². The molecule has 0 spiro atoms. The maximum atomic E-state index is 13.0. The number of carbonyl (C=O) groups is 2. The predicted molar refractivity (Wildman–Crippen MR) is 257 cm³/mol. The molecule has 0 N–H and O–H groups in total. The highest BCUT2D eigenvalue weighted by Crippen LogP contribution is 2.53. The second-order valence-corrected chi connectivity index (χ2v) is 31.8. The van der Waals surface area contributed by atoms with Crippen molar-refractivity contribution in [3.63, 3.8) is 0 Å². The minimum Gasteiger partial charge on any atom is -0.493 e. The number of methoxy groups -OCH3 is 3. The summed E-state index contributed by atoms with van der Waals surface area (Å²) in [4.78, 5) is 24.6. The molecule has 4 aromatic carbocycles. The molecule has 342 valence electrons. The number of benzene rings is 4. The summed E-state index contributed by atoms with van der Waals surface area (Å²) < 4.78 is 46.0. The van der Waals surface area contributed by atoms with Crippen molar-refractivity contribution in [2.45, 2.75) is 123 Å². The molecule has 1 aliphatic rings. The SMILES string of the molecule is COC(=O)Oc1ccc(CCC[Si](C)(C)O[Si](C)(C)O[Si](C)(C)CCCc2ccc(OC(=O)Oc3ccc(C4(c5ccccc5)CCC(C)(C)C(C)C4)cc3)c(OC)c2)cc1OC. The van der Waals surface area contributed by atoms with Gasteiger partial charge >= 0.3 is 20.9 Å². The van der Waals surface area contributed by atoms with Crippen molar-refractivity contribution in [3.8, 4) is 28.7 Å². The predicted octanol–water partition coefficient (Wildman–Crippen LogP) is 13.3. The summed E-state index contributed by atoms with van der Waals surface area (Å²) in [5.41, 5.74) is 4.94. The zero-order valence-electron chi connectivity index (χ0n) is 39.7. The van der Waals surface area contributed by atoms with Gasteiger partial charge in [-0.3, -0.25) is 0 Å². The minimum atomic E-state index is -2.41. The highest BCUT2D eigenvalue weighted by Gasteiger charge is 2.45. The van der Waals surface area contributed by atoms with E-state index in [0.29, 0.717) is 34.7 Å². The first-order chi connectivity index (χ1) is 29.7. The van der Waals surface area contributed by atoms with Crippen LogP contribution in [0.2, 0.25) is 51.4 Å². The third-order valence-corrected chi connectivity index (χ3v) is 24.1. The second-order valence-electron chi connectivity index (χ2n) is 19.4. The van der Waals surface area contributed by atoms with Gasteiger partial charge in [-0.05, 0) is 166 Å². The van der Waals surface area contributed by atoms with Crippen LogP contribution < -0.4 is 23.7 Å². The van der Waals surface area contributed by atoms with Crippen molar-refractivity contribution in [2.24, 2.45) is 11.3 Å². The van der Waals surface area contributed by atoms with E-state index in [1.807, 2.05) is 36.4 Å². The van der Waals surface area contributed by atoms with Crippen LogP contribution in [0, 0.1) is 11.3 Å². The lowest BCUT2D eigenvalue weighted by Gasteiger charge is -2.48. The fraction of sp³-hybridized carbons (Fsp3) is 0.480. The average Bonchev–Trinajstić information content (AvgIpc) is 3.22. The third-order valence-electron chi connectivity index (χ3n) is 12.7. The number of carbonyl (C=O) groups excluding carboxylic acids is 2. The van der Waals surface area contributed by atoms with Gasteiger partial charge in [-0.2, -0.15) is 0 Å². The Hall–Kier alpha value is -4.41. The Morgan fingerprint density at radius 3 is 1.57 bits per heavy atom. The molecule has 63 heavy (non-hydrogen) atoms. The van der Waals surface area contributed by atoms with Gasteiger partial charge in [-0.25, -0.2) is 9.59 Å². The van der Waals surface area contributed by atoms with Crippen LogP contribution in [-0.2, 0) is 31.2 Å². The van der Waals surface area contributed by atoms with Crippen molar-refractivity contribution in [1.29, 1.82) is 0 Å². The fourth-order valence-corrected chi connectivity index (χ4v) is 23.2. The Morgan fingerprint density at radius 1 is 0.603 bits per heavy atom. The van der Waals surface area contributed by atoms with E-state index in [0.717, 1.165) is 68.2 Å². The van der Waals surface area contributed by atoms with Gasteiger partial charge in [0.15, 0.2) is 39.6 Å². The van der Waals surface area contributed by atoms with Crippen LogP contribution in [0.25, 0.3) is 0 Å². The summed E-state index contributed by atoms with van der Waals surface area (Å²) in [5, 5.41) is 0. The first kappa shape index (κ1) is 49.6. The molecule has 13 heteroatoms. The zero-order chi connectivity index (χ0) is 46.1. The van der Waals surface area contributed by atoms with E-state index in [-0.39, 0.29) is 10.8 Å². The van der Waals surface area contributed by atoms with Crippen LogP contribution in [0.15, 0.2) is 91.0 Å². The smallest absolute Gasteiger partial charge is 0.493 e. The maximum absolute atomic E-state index is 13.0. The molecule has 10 nitrogen and oxygen atoms in total. The monoisotopic (exact) mass is 914 g/mol. The topological polar surface area (TPSA) is 108 Å². The van der Waals surface area contributed by atoms with E-state index in [4.69, 9.17) is 31.9 Å². The maximum Gasteiger partial charge on any atom is 0.519 e. The zero-order valence-corrected chi connectivity index (χ0v) is 42.7. The minimum absolute atomic E-state index is 0.0961. The van der Waals surface area contributed by atoms with Crippen molar-refractivity contribution >= 4 is 37.5 Å². The van der Waals surface area contributed by atoms with Crippen molar-refractivity contribution in [3.05, 3.63) is 113 Å². The van der Waals surface area contributed by atoms with Gasteiger partial charge in [0.25, 0.3) is 0 Å². The van der Waals surface area contributed by atoms with Crippen LogP contribution in [0.1, 0.15) is 75.1 Å². The van der Waals surface area contributed by atoms with Crippen LogP contribution in [0.4, 0.5) is 9.59 Å². The largest absolute Gasteiger partial charge is 0.519 e. The molecule has 2 unspecified atom stereocenters. The summed E-state index contributed by atoms with van der Waals surface area (Å²) in [7, 11) is -2.11. The molecule has 2 atom stereocenters. The lowest BCUT2D eigenvalue weighted by atomic mass is 9.56. The molecule has 5 rings (SSSR count). The standard InChI is InChI=1S/C50H70O10Si3/c1-37-36-50(31-30-49(37,2)3,40-20-14-13-15-21-40)41-24-26-42(27-25-41)56-48(52)58-44-29-23-39(35-46(44)54-5)19-17-33-62(9,10)60-63(11,12)59-61(7,8)32-16-18-38-22-28-43(45(34-38)53-4)57-47(51)55-6/h13-15,20-29,34-35,37H,16-19,30-33,36H2,1-12H3. The fourth-order valence-electron chi connectivity index (χ4n) is 9.11. The summed E-state index contributed by atoms with van der Waals surface area (Å²) in [6.45, 7) is 20.5. The summed E-state index contributed by atoms with van der Waals surface area (Å²) >= 11 is 0. The summed E-state index contributed by atoms with van der Waals surface area (Å²) in [6, 6.07) is 31.9. The van der Waals surface area contributed by atoms with Crippen LogP contribution in [-0.4, -0.2) is 58.8 Å². The first-order valence-corrected chi connectivity index (χ1v) is 31.3. The van der Waals surface area contributed by atoms with Gasteiger partial charge in [0.1, 0.15) is 5.75 Å². The molecule has 0 amide bonds. The van der Waals surface area contributed by atoms with Gasteiger partial charge < -0.3 is 36.7 Å². The van der Waals surface area contributed by atoms with Crippen LogP contribution >= 0.6 is 0 Å². The molecule has 1 saturated carbocycles. The van der Waals surface area contributed by atoms with E-state index >= 15 is 0 Å². The Morgan fingerprint density at radius 2 is 1.10 bits per heavy atom. The van der Waals surface area contributed by atoms with Gasteiger partial charge in [-0.15, -0.1) is 0 Å². The second kappa shape index (κ2) is 21.1. The number of hydrogen-bond acceptors (Lipinski definition) is 10. The number of ether oxygens (including phenoxy) is 6. The molecular weight excluding hydrogens is 845 g/mol. The van der Waals surface area contributed by atoms with Crippen molar-refractivity contribution in [1.82, 2.24) is 0 Å². The molecule has 1 aliphatic carbocycles. The van der Waals surface area contributed by atoms with Crippen LogP contribution in [0.5, 0.6) is 28.7 Å². The van der Waals surface area contributed by atoms with E-state index < -0.39 is 37.5 Å². The Kier molecular flexibility index (Phi) is 16.6. The molecule has 4 aromatic rings. The molecule has 0 heterocycles. The first-order valence-electron chi connectivity index (χ1n) is 22.2. The Balaban J connectivity index is 1.10. The molecule has 0 aromatic heterocycles. The average molecular weight is 915 g/mol. The Bertz CT molecular complexity index is 2140. The Labute approximate surface area is 379 Å². The molecule has 0 radical (unpaired) electrons. The highest BCUT2D eigenvalue weighted by atomic mass is 28.5. The number of hydrogen-bond donors (Lipinski definition) is 0. The summed E-state index contributed by atoms with van der Waals surface area (Å²) in [6.07, 6.45) is 5.24. The van der Waals surface area contributed by atoms with Gasteiger partial charge in [-0.1, -0.05) is 75.4 Å². The van der Waals surface area contributed by atoms with E-state index in [2.05, 4.69) is 107 Å².